The van der Waals surface area contributed by atoms with Crippen molar-refractivity contribution in [2.75, 3.05) is 6.54 Å². The van der Waals surface area contributed by atoms with Gasteiger partial charge in [-0.15, -0.1) is 11.3 Å². The Labute approximate surface area is 116 Å². The molecule has 0 fully saturated rings. The fraction of sp³-hybridized carbons (Fsp3) is 0.182. The molecule has 0 aliphatic heterocycles. The van der Waals surface area contributed by atoms with E-state index in [-0.39, 0.29) is 0 Å². The summed E-state index contributed by atoms with van der Waals surface area (Å²) in [5.74, 6) is 0. The second kappa shape index (κ2) is 6.64. The second-order valence-corrected chi connectivity index (χ2v) is 5.60. The van der Waals surface area contributed by atoms with Crippen LogP contribution < -0.4 is 16.2 Å². The molecule has 6 heteroatoms. The van der Waals surface area contributed by atoms with E-state index in [1.54, 1.807) is 0 Å². The Morgan fingerprint density at radius 3 is 2.65 bits per heavy atom. The van der Waals surface area contributed by atoms with Crippen LogP contribution in [-0.2, 0) is 0 Å². The Morgan fingerprint density at radius 2 is 2.12 bits per heavy atom. The molecule has 1 heterocycles. The molecular weight excluding hydrogens is 274 g/mol. The van der Waals surface area contributed by atoms with Gasteiger partial charge < -0.3 is 5.32 Å². The molecule has 0 aliphatic rings. The molecule has 92 valence electrons. The number of hydrogen-bond acceptors (Lipinski definition) is 3. The zero-order valence-electron chi connectivity index (χ0n) is 9.47. The van der Waals surface area contributed by atoms with E-state index in [0.717, 1.165) is 20.5 Å². The van der Waals surface area contributed by atoms with Gasteiger partial charge in [0.1, 0.15) is 0 Å². The molecule has 0 spiro atoms. The van der Waals surface area contributed by atoms with Crippen LogP contribution in [-0.4, -0.2) is 11.7 Å². The SMILES string of the molecule is C=C(C)CNC(=S)NNC(=C)c1ccc(Cl)s1. The normalized spacial score (nSPS) is 9.53. The number of hydrogen-bond donors (Lipinski definition) is 3. The maximum Gasteiger partial charge on any atom is 0.185 e. The fourth-order valence-electron chi connectivity index (χ4n) is 0.946. The predicted octanol–water partition coefficient (Wildman–Crippen LogP) is 2.92. The van der Waals surface area contributed by atoms with Crippen LogP contribution in [0.3, 0.4) is 0 Å². The van der Waals surface area contributed by atoms with Gasteiger partial charge in [0.25, 0.3) is 0 Å². The molecule has 0 aromatic carbocycles. The molecule has 1 aromatic rings. The third kappa shape index (κ3) is 5.21. The van der Waals surface area contributed by atoms with E-state index in [1.807, 2.05) is 19.1 Å². The van der Waals surface area contributed by atoms with Crippen LogP contribution in [0.15, 0.2) is 30.9 Å². The molecule has 0 bridgehead atoms. The molecule has 1 rings (SSSR count). The van der Waals surface area contributed by atoms with Crippen LogP contribution in [0.25, 0.3) is 5.70 Å². The van der Waals surface area contributed by atoms with Gasteiger partial charge in [0, 0.05) is 6.54 Å². The maximum atomic E-state index is 5.83. The van der Waals surface area contributed by atoms with Crippen LogP contribution >= 0.6 is 35.2 Å². The van der Waals surface area contributed by atoms with Crippen molar-refractivity contribution in [2.24, 2.45) is 0 Å². The van der Waals surface area contributed by atoms with Gasteiger partial charge in [-0.2, -0.15) is 0 Å². The van der Waals surface area contributed by atoms with Gasteiger partial charge in [-0.1, -0.05) is 30.3 Å². The Kier molecular flexibility index (Phi) is 5.47. The minimum absolute atomic E-state index is 0.497. The molecular formula is C11H14ClN3S2. The Morgan fingerprint density at radius 1 is 1.41 bits per heavy atom. The Hall–Kier alpha value is -1.04. The minimum Gasteiger partial charge on any atom is -0.358 e. The number of thiophene rings is 1. The molecule has 1 aromatic heterocycles. The van der Waals surface area contributed by atoms with Gasteiger partial charge in [0.15, 0.2) is 5.11 Å². The number of hydrazine groups is 1. The number of halogens is 1. The summed E-state index contributed by atoms with van der Waals surface area (Å²) in [6.45, 7) is 10.2. The zero-order chi connectivity index (χ0) is 12.8. The Bertz CT molecular complexity index is 440. The largest absolute Gasteiger partial charge is 0.358 e. The third-order valence-electron chi connectivity index (χ3n) is 1.75. The zero-order valence-corrected chi connectivity index (χ0v) is 11.9. The van der Waals surface area contributed by atoms with Crippen LogP contribution in [0.4, 0.5) is 0 Å². The molecule has 3 N–H and O–H groups in total. The predicted molar refractivity (Wildman–Crippen MR) is 80.0 cm³/mol. The molecule has 0 amide bonds. The van der Waals surface area contributed by atoms with Gasteiger partial charge in [-0.05, 0) is 31.3 Å². The van der Waals surface area contributed by atoms with E-state index in [1.165, 1.54) is 11.3 Å². The van der Waals surface area contributed by atoms with E-state index in [4.69, 9.17) is 23.8 Å². The fourth-order valence-corrected chi connectivity index (χ4v) is 2.04. The lowest BCUT2D eigenvalue weighted by Gasteiger charge is -2.13. The first kappa shape index (κ1) is 14.0. The molecule has 0 unspecified atom stereocenters. The topological polar surface area (TPSA) is 36.1 Å². The number of thiocarbonyl (C=S) groups is 1. The summed E-state index contributed by atoms with van der Waals surface area (Å²) >= 11 is 12.3. The molecule has 3 nitrogen and oxygen atoms in total. The van der Waals surface area contributed by atoms with Gasteiger partial charge in [0.2, 0.25) is 0 Å². The molecule has 0 saturated heterocycles. The highest BCUT2D eigenvalue weighted by Crippen LogP contribution is 2.24. The van der Waals surface area contributed by atoms with Gasteiger partial charge in [-0.25, -0.2) is 0 Å². The third-order valence-corrected chi connectivity index (χ3v) is 3.29. The standard InChI is InChI=1S/C11H14ClN3S2/c1-7(2)6-13-11(16)15-14-8(3)9-4-5-10(12)17-9/h4-5,14H,1,3,6H2,2H3,(H2,13,15,16). The van der Waals surface area contributed by atoms with E-state index in [2.05, 4.69) is 29.3 Å². The van der Waals surface area contributed by atoms with E-state index < -0.39 is 0 Å². The first-order valence-corrected chi connectivity index (χ1v) is 6.48. The summed E-state index contributed by atoms with van der Waals surface area (Å²) in [7, 11) is 0. The summed E-state index contributed by atoms with van der Waals surface area (Å²) in [4.78, 5) is 0.963. The minimum atomic E-state index is 0.497. The highest BCUT2D eigenvalue weighted by atomic mass is 35.5. The van der Waals surface area contributed by atoms with Crippen LogP contribution in [0.5, 0.6) is 0 Å². The lowest BCUT2D eigenvalue weighted by molar-refractivity contribution is 0.809. The average Bonchev–Trinajstić information content (AvgIpc) is 2.70. The summed E-state index contributed by atoms with van der Waals surface area (Å²) in [5, 5.41) is 3.49. The average molecular weight is 288 g/mol. The van der Waals surface area contributed by atoms with Crippen molar-refractivity contribution in [1.29, 1.82) is 0 Å². The lowest BCUT2D eigenvalue weighted by atomic mass is 10.3. The van der Waals surface area contributed by atoms with Crippen molar-refractivity contribution in [3.63, 3.8) is 0 Å². The van der Waals surface area contributed by atoms with E-state index in [0.29, 0.717) is 11.7 Å². The van der Waals surface area contributed by atoms with Crippen molar-refractivity contribution in [1.82, 2.24) is 16.2 Å². The summed E-state index contributed by atoms with van der Waals surface area (Å²) in [6.07, 6.45) is 0. The van der Waals surface area contributed by atoms with Gasteiger partial charge in [-0.3, -0.25) is 10.9 Å². The van der Waals surface area contributed by atoms with Crippen LogP contribution in [0.1, 0.15) is 11.8 Å². The van der Waals surface area contributed by atoms with E-state index >= 15 is 0 Å². The lowest BCUT2D eigenvalue weighted by Crippen LogP contribution is -2.43. The van der Waals surface area contributed by atoms with E-state index in [9.17, 15) is 0 Å². The highest BCUT2D eigenvalue weighted by Gasteiger charge is 2.02. The summed E-state index contributed by atoms with van der Waals surface area (Å²) < 4.78 is 0.728. The molecule has 0 saturated carbocycles. The Balaban J connectivity index is 2.33. The van der Waals surface area contributed by atoms with Gasteiger partial charge in [0.05, 0.1) is 14.9 Å². The van der Waals surface area contributed by atoms with Crippen molar-refractivity contribution >= 4 is 46.0 Å². The molecule has 0 aliphatic carbocycles. The van der Waals surface area contributed by atoms with Crippen molar-refractivity contribution in [3.05, 3.63) is 40.1 Å². The monoisotopic (exact) mass is 287 g/mol. The first-order chi connectivity index (χ1) is 7.99. The first-order valence-electron chi connectivity index (χ1n) is 4.88. The van der Waals surface area contributed by atoms with Crippen molar-refractivity contribution in [3.8, 4) is 0 Å². The number of nitrogens with one attached hydrogen (secondary N) is 3. The van der Waals surface area contributed by atoms with Crippen molar-refractivity contribution < 1.29 is 0 Å². The van der Waals surface area contributed by atoms with Crippen LogP contribution in [0, 0.1) is 0 Å². The maximum absolute atomic E-state index is 5.83. The second-order valence-electron chi connectivity index (χ2n) is 3.47. The summed E-state index contributed by atoms with van der Waals surface area (Å²) in [6, 6.07) is 3.72. The van der Waals surface area contributed by atoms with Crippen LogP contribution in [0.2, 0.25) is 4.34 Å². The quantitative estimate of drug-likeness (QED) is 0.442. The molecule has 0 atom stereocenters. The molecule has 17 heavy (non-hydrogen) atoms. The smallest absolute Gasteiger partial charge is 0.185 e. The summed E-state index contributed by atoms with van der Waals surface area (Å²) in [5.41, 5.74) is 7.48. The highest BCUT2D eigenvalue weighted by molar-refractivity contribution is 7.80. The number of rotatable bonds is 5. The van der Waals surface area contributed by atoms with Gasteiger partial charge >= 0.3 is 0 Å². The molecule has 0 radical (unpaired) electrons. The van der Waals surface area contributed by atoms with Crippen molar-refractivity contribution in [2.45, 2.75) is 6.92 Å².